The Hall–Kier alpha value is -1.78. The average Bonchev–Trinajstić information content (AvgIpc) is 2.30. The molecule has 2 N–H and O–H groups in total. The summed E-state index contributed by atoms with van der Waals surface area (Å²) in [5.41, 5.74) is 14.0. The summed E-state index contributed by atoms with van der Waals surface area (Å²) in [5, 5.41) is 0. The smallest absolute Gasteiger partial charge is 0.0558 e. The number of nitrogens with two attached hydrogens (primary N) is 1. The lowest BCUT2D eigenvalue weighted by molar-refractivity contribution is 0.870. The first-order chi connectivity index (χ1) is 6.88. The summed E-state index contributed by atoms with van der Waals surface area (Å²) >= 11 is 0. The van der Waals surface area contributed by atoms with Gasteiger partial charge in [-0.2, -0.15) is 0 Å². The molecular formula is C13H11N. The molecule has 0 amide bonds. The summed E-state index contributed by atoms with van der Waals surface area (Å²) in [6, 6.07) is 9.97. The predicted molar refractivity (Wildman–Crippen MR) is 57.6 cm³/mol. The Bertz CT molecular complexity index is 441. The molecule has 0 aliphatic heterocycles. The van der Waals surface area contributed by atoms with Gasteiger partial charge in [-0.15, -0.1) is 0 Å². The molecule has 0 spiro atoms. The monoisotopic (exact) mass is 181 g/mol. The molecule has 0 heterocycles. The van der Waals surface area contributed by atoms with Crippen LogP contribution >= 0.6 is 0 Å². The Morgan fingerprint density at radius 2 is 1.86 bits per heavy atom. The van der Waals surface area contributed by atoms with Crippen LogP contribution in [0.15, 0.2) is 65.6 Å². The molecule has 0 saturated carbocycles. The predicted octanol–water partition coefficient (Wildman–Crippen LogP) is 2.49. The quantitative estimate of drug-likeness (QED) is 0.697. The van der Waals surface area contributed by atoms with E-state index in [1.165, 1.54) is 0 Å². The minimum Gasteiger partial charge on any atom is -0.320 e. The Balaban J connectivity index is 2.26. The van der Waals surface area contributed by atoms with Crippen molar-refractivity contribution in [2.75, 3.05) is 0 Å². The van der Waals surface area contributed by atoms with E-state index in [-0.39, 0.29) is 6.04 Å². The SMILES string of the molecule is NC(C1=CC=C=C=C1)c1ccccc1. The van der Waals surface area contributed by atoms with E-state index in [4.69, 9.17) is 5.73 Å². The highest BCUT2D eigenvalue weighted by molar-refractivity contribution is 5.37. The molecule has 68 valence electrons. The number of benzene rings is 1. The molecule has 14 heavy (non-hydrogen) atoms. The number of allylic oxidation sites excluding steroid dienone is 2. The van der Waals surface area contributed by atoms with Crippen LogP contribution in [0.4, 0.5) is 0 Å². The lowest BCUT2D eigenvalue weighted by atomic mass is 9.98. The van der Waals surface area contributed by atoms with E-state index in [0.29, 0.717) is 0 Å². The van der Waals surface area contributed by atoms with Crippen molar-refractivity contribution in [2.45, 2.75) is 6.04 Å². The molecule has 1 nitrogen and oxygen atoms in total. The van der Waals surface area contributed by atoms with E-state index in [1.807, 2.05) is 48.6 Å². The largest absolute Gasteiger partial charge is 0.320 e. The first-order valence-electron chi connectivity index (χ1n) is 4.56. The van der Waals surface area contributed by atoms with Crippen LogP contribution in [0.1, 0.15) is 11.6 Å². The third-order valence-electron chi connectivity index (χ3n) is 2.20. The molecule has 1 unspecified atom stereocenters. The van der Waals surface area contributed by atoms with Crippen LogP contribution in [-0.4, -0.2) is 0 Å². The lowest BCUT2D eigenvalue weighted by Crippen LogP contribution is -2.11. The third-order valence-corrected chi connectivity index (χ3v) is 2.20. The highest BCUT2D eigenvalue weighted by Gasteiger charge is 2.08. The average molecular weight is 181 g/mol. The zero-order valence-corrected chi connectivity index (χ0v) is 7.77. The van der Waals surface area contributed by atoms with Gasteiger partial charge in [-0.25, -0.2) is 0 Å². The van der Waals surface area contributed by atoms with Crippen molar-refractivity contribution in [1.82, 2.24) is 0 Å². The minimum atomic E-state index is -0.0675. The van der Waals surface area contributed by atoms with Gasteiger partial charge in [0.2, 0.25) is 0 Å². The molecule has 0 bridgehead atoms. The maximum absolute atomic E-state index is 6.08. The van der Waals surface area contributed by atoms with Crippen LogP contribution in [-0.2, 0) is 0 Å². The van der Waals surface area contributed by atoms with Crippen LogP contribution in [0.2, 0.25) is 0 Å². The fourth-order valence-electron chi connectivity index (χ4n) is 1.41. The van der Waals surface area contributed by atoms with Gasteiger partial charge >= 0.3 is 0 Å². The van der Waals surface area contributed by atoms with Crippen LogP contribution in [0.3, 0.4) is 0 Å². The number of hydrogen-bond acceptors (Lipinski definition) is 1. The van der Waals surface area contributed by atoms with Crippen molar-refractivity contribution in [2.24, 2.45) is 5.73 Å². The van der Waals surface area contributed by atoms with E-state index in [1.54, 1.807) is 0 Å². The van der Waals surface area contributed by atoms with Gasteiger partial charge in [0.25, 0.3) is 0 Å². The van der Waals surface area contributed by atoms with Gasteiger partial charge in [-0.1, -0.05) is 41.8 Å². The molecule has 0 saturated heterocycles. The van der Waals surface area contributed by atoms with Gasteiger partial charge in [0.1, 0.15) is 0 Å². The van der Waals surface area contributed by atoms with E-state index < -0.39 is 0 Å². The van der Waals surface area contributed by atoms with Crippen LogP contribution in [0, 0.1) is 0 Å². The molecule has 0 fully saturated rings. The zero-order chi connectivity index (χ0) is 9.80. The highest BCUT2D eigenvalue weighted by Crippen LogP contribution is 2.20. The fourth-order valence-corrected chi connectivity index (χ4v) is 1.41. The molecule has 1 aliphatic rings. The Labute approximate surface area is 83.6 Å². The summed E-state index contributed by atoms with van der Waals surface area (Å²) < 4.78 is 0. The van der Waals surface area contributed by atoms with E-state index >= 15 is 0 Å². The van der Waals surface area contributed by atoms with E-state index in [2.05, 4.69) is 11.5 Å². The highest BCUT2D eigenvalue weighted by atomic mass is 14.6. The van der Waals surface area contributed by atoms with Crippen molar-refractivity contribution in [3.05, 3.63) is 71.2 Å². The van der Waals surface area contributed by atoms with Gasteiger partial charge in [0.15, 0.2) is 0 Å². The summed E-state index contributed by atoms with van der Waals surface area (Å²) in [5.74, 6) is 0. The van der Waals surface area contributed by atoms with Crippen LogP contribution in [0.25, 0.3) is 0 Å². The van der Waals surface area contributed by atoms with E-state index in [0.717, 1.165) is 11.1 Å². The molecule has 0 radical (unpaired) electrons. The maximum atomic E-state index is 6.08. The van der Waals surface area contributed by atoms with Gasteiger partial charge in [-0.05, 0) is 29.4 Å². The maximum Gasteiger partial charge on any atom is 0.0558 e. The van der Waals surface area contributed by atoms with Crippen LogP contribution in [0.5, 0.6) is 0 Å². The Morgan fingerprint density at radius 1 is 1.07 bits per heavy atom. The van der Waals surface area contributed by atoms with Crippen molar-refractivity contribution in [3.63, 3.8) is 0 Å². The van der Waals surface area contributed by atoms with Crippen molar-refractivity contribution >= 4 is 0 Å². The Kier molecular flexibility index (Phi) is 2.48. The minimum absolute atomic E-state index is 0.0675. The lowest BCUT2D eigenvalue weighted by Gasteiger charge is -2.12. The first-order valence-corrected chi connectivity index (χ1v) is 4.56. The van der Waals surface area contributed by atoms with Gasteiger partial charge in [0, 0.05) is 0 Å². The number of rotatable bonds is 2. The van der Waals surface area contributed by atoms with Crippen molar-refractivity contribution in [1.29, 1.82) is 0 Å². The molecular weight excluding hydrogens is 170 g/mol. The second kappa shape index (κ2) is 3.95. The molecule has 1 aromatic rings. The molecule has 1 heteroatoms. The zero-order valence-electron chi connectivity index (χ0n) is 7.77. The third kappa shape index (κ3) is 1.76. The van der Waals surface area contributed by atoms with Crippen LogP contribution < -0.4 is 5.73 Å². The topological polar surface area (TPSA) is 26.0 Å². The molecule has 1 aliphatic carbocycles. The summed E-state index contributed by atoms with van der Waals surface area (Å²) in [6.07, 6.45) is 5.67. The first kappa shape index (κ1) is 8.80. The molecule has 0 aromatic heterocycles. The standard InChI is InChI=1S/C13H11N/c14-13(11-7-3-1-4-8-11)12-9-5-2-6-10-12/h1,3-5,7-10,13H,14H2. The fraction of sp³-hybridized carbons (Fsp3) is 0.0769. The molecule has 1 aromatic carbocycles. The van der Waals surface area contributed by atoms with Gasteiger partial charge in [0.05, 0.1) is 6.04 Å². The van der Waals surface area contributed by atoms with Crippen molar-refractivity contribution < 1.29 is 0 Å². The molecule has 2 rings (SSSR count). The Morgan fingerprint density at radius 3 is 2.50 bits per heavy atom. The normalized spacial score (nSPS) is 15.4. The molecule has 1 atom stereocenters. The van der Waals surface area contributed by atoms with E-state index in [9.17, 15) is 0 Å². The second-order valence-corrected chi connectivity index (χ2v) is 3.15. The van der Waals surface area contributed by atoms with Gasteiger partial charge in [-0.3, -0.25) is 0 Å². The second-order valence-electron chi connectivity index (χ2n) is 3.15. The number of hydrogen-bond donors (Lipinski definition) is 1. The van der Waals surface area contributed by atoms with Crippen molar-refractivity contribution in [3.8, 4) is 0 Å². The summed E-state index contributed by atoms with van der Waals surface area (Å²) in [7, 11) is 0. The summed E-state index contributed by atoms with van der Waals surface area (Å²) in [4.78, 5) is 0. The van der Waals surface area contributed by atoms with Gasteiger partial charge < -0.3 is 5.73 Å². The summed E-state index contributed by atoms with van der Waals surface area (Å²) in [6.45, 7) is 0.